The summed E-state index contributed by atoms with van der Waals surface area (Å²) in [5.74, 6) is -4.28. The first-order chi connectivity index (χ1) is 15.7. The van der Waals surface area contributed by atoms with Crippen LogP contribution in [-0.2, 0) is 30.3 Å². The Kier molecular flexibility index (Phi) is 6.05. The van der Waals surface area contributed by atoms with Crippen LogP contribution in [-0.4, -0.2) is 59.7 Å². The number of aliphatic hydroxyl groups is 2. The van der Waals surface area contributed by atoms with Crippen LogP contribution in [0.3, 0.4) is 0 Å². The Morgan fingerprint density at radius 1 is 0.848 bits per heavy atom. The molecule has 0 aromatic heterocycles. The van der Waals surface area contributed by atoms with Crippen molar-refractivity contribution in [3.8, 4) is 0 Å². The van der Waals surface area contributed by atoms with Crippen LogP contribution in [0.5, 0.6) is 0 Å². The summed E-state index contributed by atoms with van der Waals surface area (Å²) in [6, 6.07) is 14.3. The minimum atomic E-state index is -1.52. The molecule has 33 heavy (non-hydrogen) atoms. The fourth-order valence-corrected chi connectivity index (χ4v) is 5.49. The molecule has 0 radical (unpaired) electrons. The van der Waals surface area contributed by atoms with Crippen molar-refractivity contribution >= 4 is 11.9 Å². The molecule has 2 aromatic carbocycles. The van der Waals surface area contributed by atoms with Crippen molar-refractivity contribution < 1.29 is 34.4 Å². The smallest absolute Gasteiger partial charge is 0.311 e. The van der Waals surface area contributed by atoms with Crippen LogP contribution in [0.4, 0.5) is 0 Å². The fourth-order valence-electron chi connectivity index (χ4n) is 5.49. The SMILES string of the molecule is CNC(=O)C1C(C(=O)O)C2(OCC(C)O)c3ccccc3C1(OCC(C)O)c1ccccc12. The zero-order valence-electron chi connectivity index (χ0n) is 18.8. The largest absolute Gasteiger partial charge is 0.481 e. The number of carboxylic acids is 1. The van der Waals surface area contributed by atoms with Gasteiger partial charge in [-0.25, -0.2) is 0 Å². The third-order valence-electron chi connectivity index (χ3n) is 6.56. The third kappa shape index (κ3) is 3.28. The number of carbonyl (C=O) groups is 2. The Morgan fingerprint density at radius 3 is 1.52 bits per heavy atom. The molecule has 0 saturated carbocycles. The summed E-state index contributed by atoms with van der Waals surface area (Å²) in [5.41, 5.74) is -0.612. The minimum absolute atomic E-state index is 0.107. The first-order valence-electron chi connectivity index (χ1n) is 11.0. The Bertz CT molecular complexity index is 1020. The number of amides is 1. The van der Waals surface area contributed by atoms with Gasteiger partial charge in [0.1, 0.15) is 17.1 Å². The minimum Gasteiger partial charge on any atom is -0.481 e. The normalized spacial score (nSPS) is 29.0. The Labute approximate surface area is 192 Å². The van der Waals surface area contributed by atoms with E-state index in [2.05, 4.69) is 5.32 Å². The van der Waals surface area contributed by atoms with E-state index in [4.69, 9.17) is 9.47 Å². The standard InChI is InChI=1S/C25H29NO7/c1-14(27)12-32-24-16-8-4-6-10-18(16)25(33-13-15(2)28,19-11-7-5-9-17(19)24)21(23(30)31)20(24)22(29)26-3/h4-11,14-15,20-21,27-28H,12-13H2,1-3H3,(H,26,29)(H,30,31). The van der Waals surface area contributed by atoms with Crippen molar-refractivity contribution in [2.45, 2.75) is 37.3 Å². The summed E-state index contributed by atoms with van der Waals surface area (Å²) >= 11 is 0. The quantitative estimate of drug-likeness (QED) is 0.474. The number of carboxylic acid groups (broad SMARTS) is 1. The number of nitrogens with one attached hydrogen (secondary N) is 1. The number of rotatable bonds is 8. The molecule has 0 aliphatic heterocycles. The van der Waals surface area contributed by atoms with Crippen molar-refractivity contribution in [1.29, 1.82) is 0 Å². The topological polar surface area (TPSA) is 125 Å². The maximum absolute atomic E-state index is 13.4. The van der Waals surface area contributed by atoms with Gasteiger partial charge in [-0.3, -0.25) is 9.59 Å². The van der Waals surface area contributed by atoms with Gasteiger partial charge in [0.25, 0.3) is 0 Å². The van der Waals surface area contributed by atoms with Gasteiger partial charge in [-0.2, -0.15) is 0 Å². The van der Waals surface area contributed by atoms with Gasteiger partial charge < -0.3 is 30.1 Å². The van der Waals surface area contributed by atoms with E-state index in [9.17, 15) is 24.9 Å². The summed E-state index contributed by atoms with van der Waals surface area (Å²) in [6.07, 6.45) is -1.70. The molecule has 4 atom stereocenters. The molecule has 4 unspecified atom stereocenters. The highest BCUT2D eigenvalue weighted by atomic mass is 16.5. The van der Waals surface area contributed by atoms with E-state index in [1.165, 1.54) is 7.05 Å². The lowest BCUT2D eigenvalue weighted by Gasteiger charge is -2.60. The molecule has 0 spiro atoms. The molecule has 8 heteroatoms. The molecule has 8 nitrogen and oxygen atoms in total. The van der Waals surface area contributed by atoms with Crippen LogP contribution < -0.4 is 5.32 Å². The van der Waals surface area contributed by atoms with Crippen LogP contribution in [0, 0.1) is 11.8 Å². The molecule has 0 heterocycles. The average Bonchev–Trinajstić information content (AvgIpc) is 2.80. The van der Waals surface area contributed by atoms with E-state index in [-0.39, 0.29) is 13.2 Å². The van der Waals surface area contributed by atoms with Crippen molar-refractivity contribution in [3.63, 3.8) is 0 Å². The second-order valence-electron chi connectivity index (χ2n) is 8.79. The summed E-state index contributed by atoms with van der Waals surface area (Å²) in [5, 5.41) is 33.2. The highest BCUT2D eigenvalue weighted by molar-refractivity contribution is 5.91. The van der Waals surface area contributed by atoms with Gasteiger partial charge >= 0.3 is 5.97 Å². The molecular weight excluding hydrogens is 426 g/mol. The molecule has 3 aliphatic carbocycles. The Hall–Kier alpha value is -2.78. The zero-order chi connectivity index (χ0) is 24.0. The van der Waals surface area contributed by atoms with E-state index < -0.39 is 47.1 Å². The fraction of sp³-hybridized carbons (Fsp3) is 0.440. The van der Waals surface area contributed by atoms with Crippen LogP contribution in [0.25, 0.3) is 0 Å². The van der Waals surface area contributed by atoms with Gasteiger partial charge in [0.2, 0.25) is 5.91 Å². The number of benzene rings is 2. The molecule has 3 aliphatic rings. The lowest BCUT2D eigenvalue weighted by Crippen LogP contribution is -2.67. The molecule has 176 valence electrons. The summed E-state index contributed by atoms with van der Waals surface area (Å²) in [6.45, 7) is 2.89. The third-order valence-corrected chi connectivity index (χ3v) is 6.56. The molecule has 0 fully saturated rings. The van der Waals surface area contributed by atoms with E-state index in [1.807, 2.05) is 12.1 Å². The summed E-state index contributed by atoms with van der Waals surface area (Å²) in [7, 11) is 1.45. The van der Waals surface area contributed by atoms with Crippen LogP contribution in [0.2, 0.25) is 0 Å². The van der Waals surface area contributed by atoms with E-state index in [1.54, 1.807) is 50.2 Å². The van der Waals surface area contributed by atoms with Gasteiger partial charge in [0.05, 0.1) is 31.3 Å². The van der Waals surface area contributed by atoms with Gasteiger partial charge in [0, 0.05) is 7.05 Å². The maximum Gasteiger partial charge on any atom is 0.311 e. The molecule has 4 N–H and O–H groups in total. The monoisotopic (exact) mass is 455 g/mol. The van der Waals surface area contributed by atoms with Crippen molar-refractivity contribution in [3.05, 3.63) is 70.8 Å². The van der Waals surface area contributed by atoms with Crippen molar-refractivity contribution in [1.82, 2.24) is 5.32 Å². The lowest BCUT2D eigenvalue weighted by atomic mass is 9.49. The van der Waals surface area contributed by atoms with Crippen molar-refractivity contribution in [2.24, 2.45) is 11.8 Å². The molecule has 1 amide bonds. The van der Waals surface area contributed by atoms with Crippen LogP contribution in [0.15, 0.2) is 48.5 Å². The number of ether oxygens (including phenoxy) is 2. The van der Waals surface area contributed by atoms with Gasteiger partial charge in [-0.15, -0.1) is 0 Å². The highest BCUT2D eigenvalue weighted by Gasteiger charge is 2.71. The van der Waals surface area contributed by atoms with E-state index in [0.717, 1.165) is 0 Å². The predicted molar refractivity (Wildman–Crippen MR) is 118 cm³/mol. The molecular formula is C25H29NO7. The summed E-state index contributed by atoms with van der Waals surface area (Å²) < 4.78 is 12.7. The summed E-state index contributed by atoms with van der Waals surface area (Å²) in [4.78, 5) is 26.3. The van der Waals surface area contributed by atoms with E-state index >= 15 is 0 Å². The van der Waals surface area contributed by atoms with E-state index in [0.29, 0.717) is 22.3 Å². The van der Waals surface area contributed by atoms with Gasteiger partial charge in [-0.1, -0.05) is 48.5 Å². The zero-order valence-corrected chi connectivity index (χ0v) is 18.8. The predicted octanol–water partition coefficient (Wildman–Crippen LogP) is 1.36. The maximum atomic E-state index is 13.4. The number of fused-ring (bicyclic) bond motifs is 1. The van der Waals surface area contributed by atoms with Gasteiger partial charge in [-0.05, 0) is 36.1 Å². The molecule has 0 saturated heterocycles. The second-order valence-corrected chi connectivity index (χ2v) is 8.79. The number of hydrogen-bond acceptors (Lipinski definition) is 6. The molecule has 5 rings (SSSR count). The number of hydrogen-bond donors (Lipinski definition) is 4. The molecule has 2 aromatic rings. The lowest BCUT2D eigenvalue weighted by molar-refractivity contribution is -0.204. The second kappa shape index (κ2) is 8.53. The number of aliphatic carboxylic acids is 1. The first-order valence-corrected chi connectivity index (χ1v) is 11.0. The van der Waals surface area contributed by atoms with Gasteiger partial charge in [0.15, 0.2) is 0 Å². The van der Waals surface area contributed by atoms with Crippen LogP contribution in [0.1, 0.15) is 36.1 Å². The average molecular weight is 456 g/mol. The Balaban J connectivity index is 2.14. The van der Waals surface area contributed by atoms with Crippen LogP contribution >= 0.6 is 0 Å². The van der Waals surface area contributed by atoms with Crippen molar-refractivity contribution in [2.75, 3.05) is 20.3 Å². The number of carbonyl (C=O) groups excluding carboxylic acids is 1. The first kappa shape index (κ1) is 23.4. The molecule has 2 bridgehead atoms. The number of aliphatic hydroxyl groups excluding tert-OH is 2. The highest BCUT2D eigenvalue weighted by Crippen LogP contribution is 2.65. The Morgan fingerprint density at radius 2 is 1.21 bits per heavy atom.